The van der Waals surface area contributed by atoms with E-state index in [1.54, 1.807) is 6.08 Å². The molecule has 0 saturated heterocycles. The zero-order valence-corrected chi connectivity index (χ0v) is 6.49. The summed E-state index contributed by atoms with van der Waals surface area (Å²) in [6, 6.07) is 0. The third-order valence-corrected chi connectivity index (χ3v) is 1.94. The van der Waals surface area contributed by atoms with Gasteiger partial charge in [0, 0.05) is 12.0 Å². The normalized spacial score (nSPS) is 22.0. The van der Waals surface area contributed by atoms with Gasteiger partial charge in [0.1, 0.15) is 0 Å². The summed E-state index contributed by atoms with van der Waals surface area (Å²) < 4.78 is 0. The average Bonchev–Trinajstić information content (AvgIpc) is 2.34. The van der Waals surface area contributed by atoms with E-state index in [4.69, 9.17) is 10.2 Å². The number of carboxylic acid groups (broad SMARTS) is 2. The molecule has 1 unspecified atom stereocenters. The van der Waals surface area contributed by atoms with Crippen LogP contribution in [0, 0.1) is 5.92 Å². The molecule has 4 nitrogen and oxygen atoms in total. The second-order valence-electron chi connectivity index (χ2n) is 2.94. The van der Waals surface area contributed by atoms with Crippen molar-refractivity contribution < 1.29 is 19.8 Å². The van der Waals surface area contributed by atoms with Crippen molar-refractivity contribution in [1.29, 1.82) is 0 Å². The Kier molecular flexibility index (Phi) is 2.47. The Morgan fingerprint density at radius 2 is 2.17 bits per heavy atom. The highest BCUT2D eigenvalue weighted by Gasteiger charge is 2.22. The smallest absolute Gasteiger partial charge is 0.331 e. The molecule has 0 aromatic heterocycles. The third kappa shape index (κ3) is 2.08. The van der Waals surface area contributed by atoms with Gasteiger partial charge in [0.2, 0.25) is 0 Å². The van der Waals surface area contributed by atoms with Crippen molar-refractivity contribution >= 4 is 11.9 Å². The lowest BCUT2D eigenvalue weighted by Gasteiger charge is -2.03. The maximum atomic E-state index is 10.4. The molecule has 0 fully saturated rings. The fourth-order valence-corrected chi connectivity index (χ4v) is 1.36. The monoisotopic (exact) mass is 170 g/mol. The lowest BCUT2D eigenvalue weighted by atomic mass is 10.0. The molecule has 0 bridgehead atoms. The number of hydrogen-bond donors (Lipinski definition) is 2. The fraction of sp³-hybridized carbons (Fsp3) is 0.500. The van der Waals surface area contributed by atoms with Gasteiger partial charge in [-0.2, -0.15) is 0 Å². The van der Waals surface area contributed by atoms with Crippen LogP contribution in [0.5, 0.6) is 0 Å². The number of allylic oxidation sites excluding steroid dienone is 1. The van der Waals surface area contributed by atoms with E-state index in [-0.39, 0.29) is 12.3 Å². The van der Waals surface area contributed by atoms with Crippen LogP contribution in [-0.4, -0.2) is 22.2 Å². The molecule has 0 aromatic rings. The molecule has 1 aliphatic carbocycles. The molecule has 0 spiro atoms. The number of hydrogen-bond acceptors (Lipinski definition) is 2. The van der Waals surface area contributed by atoms with E-state index in [0.717, 1.165) is 0 Å². The predicted octanol–water partition coefficient (Wildman–Crippen LogP) is 0.882. The average molecular weight is 170 g/mol. The Bertz CT molecular complexity index is 241. The minimum absolute atomic E-state index is 0.0198. The molecule has 0 saturated carbocycles. The Morgan fingerprint density at radius 1 is 1.50 bits per heavy atom. The van der Waals surface area contributed by atoms with E-state index in [1.807, 2.05) is 0 Å². The number of aliphatic carboxylic acids is 2. The molecular weight excluding hydrogens is 160 g/mol. The number of carbonyl (C=O) groups is 2. The van der Waals surface area contributed by atoms with Crippen LogP contribution in [0.15, 0.2) is 11.6 Å². The molecule has 4 heteroatoms. The minimum atomic E-state index is -0.928. The molecule has 1 rings (SSSR count). The van der Waals surface area contributed by atoms with Gasteiger partial charge in [-0.1, -0.05) is 6.08 Å². The van der Waals surface area contributed by atoms with Crippen LogP contribution >= 0.6 is 0 Å². The van der Waals surface area contributed by atoms with Gasteiger partial charge in [0.15, 0.2) is 0 Å². The molecule has 1 aliphatic rings. The van der Waals surface area contributed by atoms with E-state index < -0.39 is 11.9 Å². The largest absolute Gasteiger partial charge is 0.481 e. The van der Waals surface area contributed by atoms with Crippen molar-refractivity contribution in [3.05, 3.63) is 11.6 Å². The summed E-state index contributed by atoms with van der Waals surface area (Å²) in [5, 5.41) is 17.0. The highest BCUT2D eigenvalue weighted by molar-refractivity contribution is 5.87. The lowest BCUT2D eigenvalue weighted by Crippen LogP contribution is -2.06. The molecule has 66 valence electrons. The second kappa shape index (κ2) is 3.38. The maximum absolute atomic E-state index is 10.4. The van der Waals surface area contributed by atoms with E-state index in [2.05, 4.69) is 0 Å². The standard InChI is InChI=1S/C8H10O4/c9-7(10)4-5-1-2-6(3-5)8(11)12/h2,5H,1,3-4H2,(H,9,10)(H,11,12). The van der Waals surface area contributed by atoms with Crippen LogP contribution in [0.3, 0.4) is 0 Å². The van der Waals surface area contributed by atoms with Crippen molar-refractivity contribution in [1.82, 2.24) is 0 Å². The molecule has 0 amide bonds. The van der Waals surface area contributed by atoms with Crippen molar-refractivity contribution in [2.24, 2.45) is 5.92 Å². The summed E-state index contributed by atoms with van der Waals surface area (Å²) in [6.45, 7) is 0. The summed E-state index contributed by atoms with van der Waals surface area (Å²) in [6.07, 6.45) is 2.64. The first-order valence-corrected chi connectivity index (χ1v) is 3.73. The first-order chi connectivity index (χ1) is 5.59. The van der Waals surface area contributed by atoms with Gasteiger partial charge in [-0.3, -0.25) is 4.79 Å². The van der Waals surface area contributed by atoms with Crippen LogP contribution in [0.25, 0.3) is 0 Å². The second-order valence-corrected chi connectivity index (χ2v) is 2.94. The number of rotatable bonds is 3. The summed E-state index contributed by atoms with van der Waals surface area (Å²) in [4.78, 5) is 20.7. The van der Waals surface area contributed by atoms with E-state index >= 15 is 0 Å². The molecule has 12 heavy (non-hydrogen) atoms. The third-order valence-electron chi connectivity index (χ3n) is 1.94. The van der Waals surface area contributed by atoms with Crippen molar-refractivity contribution in [2.75, 3.05) is 0 Å². The fourth-order valence-electron chi connectivity index (χ4n) is 1.36. The van der Waals surface area contributed by atoms with Crippen molar-refractivity contribution in [3.8, 4) is 0 Å². The molecule has 2 N–H and O–H groups in total. The first-order valence-electron chi connectivity index (χ1n) is 3.73. The van der Waals surface area contributed by atoms with Crippen LogP contribution in [0.1, 0.15) is 19.3 Å². The maximum Gasteiger partial charge on any atom is 0.331 e. The Labute approximate surface area is 69.5 Å². The van der Waals surface area contributed by atoms with Gasteiger partial charge in [-0.15, -0.1) is 0 Å². The van der Waals surface area contributed by atoms with E-state index in [1.165, 1.54) is 0 Å². The van der Waals surface area contributed by atoms with Gasteiger partial charge in [-0.05, 0) is 18.8 Å². The first kappa shape index (κ1) is 8.77. The Hall–Kier alpha value is -1.32. The zero-order valence-electron chi connectivity index (χ0n) is 6.49. The van der Waals surface area contributed by atoms with Gasteiger partial charge in [0.25, 0.3) is 0 Å². The summed E-state index contributed by atoms with van der Waals surface area (Å²) in [5.74, 6) is -1.81. The topological polar surface area (TPSA) is 74.6 Å². The molecule has 0 aliphatic heterocycles. The SMILES string of the molecule is O=C(O)CC1CC=C(C(=O)O)C1. The van der Waals surface area contributed by atoms with Crippen LogP contribution < -0.4 is 0 Å². The Balaban J connectivity index is 2.41. The van der Waals surface area contributed by atoms with Crippen LogP contribution in [0.2, 0.25) is 0 Å². The summed E-state index contributed by atoms with van der Waals surface area (Å²) in [7, 11) is 0. The summed E-state index contributed by atoms with van der Waals surface area (Å²) in [5.41, 5.74) is 0.348. The molecule has 0 radical (unpaired) electrons. The van der Waals surface area contributed by atoms with Crippen LogP contribution in [0.4, 0.5) is 0 Å². The molecule has 0 aromatic carbocycles. The molecule has 0 heterocycles. The minimum Gasteiger partial charge on any atom is -0.481 e. The van der Waals surface area contributed by atoms with Gasteiger partial charge >= 0.3 is 11.9 Å². The van der Waals surface area contributed by atoms with Crippen molar-refractivity contribution in [2.45, 2.75) is 19.3 Å². The number of carboxylic acids is 2. The molecule has 1 atom stereocenters. The lowest BCUT2D eigenvalue weighted by molar-refractivity contribution is -0.138. The van der Waals surface area contributed by atoms with Crippen molar-refractivity contribution in [3.63, 3.8) is 0 Å². The van der Waals surface area contributed by atoms with E-state index in [9.17, 15) is 9.59 Å². The quantitative estimate of drug-likeness (QED) is 0.659. The van der Waals surface area contributed by atoms with Gasteiger partial charge in [-0.25, -0.2) is 4.79 Å². The zero-order chi connectivity index (χ0) is 9.14. The van der Waals surface area contributed by atoms with Crippen LogP contribution in [-0.2, 0) is 9.59 Å². The highest BCUT2D eigenvalue weighted by Crippen LogP contribution is 2.27. The predicted molar refractivity (Wildman–Crippen MR) is 40.7 cm³/mol. The molecular formula is C8H10O4. The van der Waals surface area contributed by atoms with Gasteiger partial charge in [0.05, 0.1) is 0 Å². The summed E-state index contributed by atoms with van der Waals surface area (Å²) >= 11 is 0. The van der Waals surface area contributed by atoms with E-state index in [0.29, 0.717) is 18.4 Å². The van der Waals surface area contributed by atoms with Gasteiger partial charge < -0.3 is 10.2 Å². The highest BCUT2D eigenvalue weighted by atomic mass is 16.4. The Morgan fingerprint density at radius 3 is 2.58 bits per heavy atom.